The first-order chi connectivity index (χ1) is 9.32. The average molecular weight is 358 g/mol. The van der Waals surface area contributed by atoms with E-state index in [2.05, 4.69) is 20.9 Å². The number of hydrogen-bond acceptors (Lipinski definition) is 3. The van der Waals surface area contributed by atoms with Gasteiger partial charge in [0.25, 0.3) is 0 Å². The van der Waals surface area contributed by atoms with Crippen LogP contribution >= 0.6 is 15.9 Å². The summed E-state index contributed by atoms with van der Waals surface area (Å²) in [5.41, 5.74) is 1.00. The molecule has 0 saturated carbocycles. The molecule has 7 heteroatoms. The first-order valence-electron chi connectivity index (χ1n) is 6.01. The highest BCUT2D eigenvalue weighted by atomic mass is 79.9. The molecule has 2 rings (SSSR count). The summed E-state index contributed by atoms with van der Waals surface area (Å²) in [5, 5.41) is 0. The summed E-state index contributed by atoms with van der Waals surface area (Å²) in [4.78, 5) is 4.41. The molecule has 0 saturated heterocycles. The van der Waals surface area contributed by atoms with Gasteiger partial charge in [-0.2, -0.15) is 4.31 Å². The van der Waals surface area contributed by atoms with Crippen LogP contribution in [0, 0.1) is 6.92 Å². The second kappa shape index (κ2) is 5.67. The van der Waals surface area contributed by atoms with Crippen molar-refractivity contribution in [3.05, 3.63) is 46.5 Å². The molecule has 0 N–H and O–H groups in total. The average Bonchev–Trinajstić information content (AvgIpc) is 2.74. The van der Waals surface area contributed by atoms with E-state index < -0.39 is 10.0 Å². The fraction of sp³-hybridized carbons (Fsp3) is 0.308. The molecule has 20 heavy (non-hydrogen) atoms. The first kappa shape index (κ1) is 15.2. The number of aryl methyl sites for hydroxylation is 2. The molecular weight excluding hydrogens is 342 g/mol. The van der Waals surface area contributed by atoms with Crippen LogP contribution in [0.15, 0.2) is 40.0 Å². The number of aromatic nitrogens is 2. The molecule has 1 heterocycles. The van der Waals surface area contributed by atoms with Crippen molar-refractivity contribution in [1.82, 2.24) is 13.9 Å². The summed E-state index contributed by atoms with van der Waals surface area (Å²) in [5.74, 6) is 0.694. The molecule has 1 aromatic heterocycles. The van der Waals surface area contributed by atoms with Gasteiger partial charge in [0, 0.05) is 31.0 Å². The summed E-state index contributed by atoms with van der Waals surface area (Å²) < 4.78 is 28.8. The fourth-order valence-corrected chi connectivity index (χ4v) is 4.09. The molecule has 0 bridgehead atoms. The highest BCUT2D eigenvalue weighted by Crippen LogP contribution is 2.26. The fourth-order valence-electron chi connectivity index (χ4n) is 1.82. The number of hydrogen-bond donors (Lipinski definition) is 0. The number of halogens is 1. The molecule has 0 amide bonds. The Morgan fingerprint density at radius 1 is 1.40 bits per heavy atom. The third-order valence-corrected chi connectivity index (χ3v) is 5.84. The van der Waals surface area contributed by atoms with Crippen molar-refractivity contribution in [2.45, 2.75) is 18.4 Å². The second-order valence-corrected chi connectivity index (χ2v) is 7.52. The monoisotopic (exact) mass is 357 g/mol. The number of imidazole rings is 1. The minimum Gasteiger partial charge on any atom is -0.337 e. The zero-order valence-electron chi connectivity index (χ0n) is 11.5. The lowest BCUT2D eigenvalue weighted by Gasteiger charge is -2.18. The van der Waals surface area contributed by atoms with Crippen molar-refractivity contribution < 1.29 is 8.42 Å². The quantitative estimate of drug-likeness (QED) is 0.843. The summed E-state index contributed by atoms with van der Waals surface area (Å²) >= 11 is 3.32. The Balaban J connectivity index is 2.32. The van der Waals surface area contributed by atoms with Crippen molar-refractivity contribution in [3.63, 3.8) is 0 Å². The van der Waals surface area contributed by atoms with Crippen LogP contribution in [0.4, 0.5) is 0 Å². The van der Waals surface area contributed by atoms with E-state index in [1.807, 2.05) is 14.0 Å². The van der Waals surface area contributed by atoms with Crippen LogP contribution in [0.3, 0.4) is 0 Å². The highest BCUT2D eigenvalue weighted by molar-refractivity contribution is 9.10. The summed E-state index contributed by atoms with van der Waals surface area (Å²) in [6.07, 6.45) is 3.44. The van der Waals surface area contributed by atoms with Crippen LogP contribution in [0.1, 0.15) is 11.4 Å². The van der Waals surface area contributed by atoms with E-state index in [0.717, 1.165) is 5.56 Å². The molecular formula is C13H16BrN3O2S. The lowest BCUT2D eigenvalue weighted by molar-refractivity contribution is 0.451. The predicted molar refractivity (Wildman–Crippen MR) is 80.7 cm³/mol. The van der Waals surface area contributed by atoms with Crippen molar-refractivity contribution >= 4 is 26.0 Å². The molecule has 0 aliphatic heterocycles. The Kier molecular flexibility index (Phi) is 4.31. The van der Waals surface area contributed by atoms with Crippen LogP contribution in [0.2, 0.25) is 0 Å². The largest absolute Gasteiger partial charge is 0.337 e. The maximum Gasteiger partial charge on any atom is 0.244 e. The Bertz CT molecular complexity index is 725. The second-order valence-electron chi connectivity index (χ2n) is 4.65. The van der Waals surface area contributed by atoms with Crippen molar-refractivity contribution in [1.29, 1.82) is 0 Å². The molecule has 5 nitrogen and oxygen atoms in total. The lowest BCUT2D eigenvalue weighted by Crippen LogP contribution is -2.28. The number of rotatable bonds is 4. The molecule has 0 aliphatic rings. The highest BCUT2D eigenvalue weighted by Gasteiger charge is 2.24. The molecule has 0 fully saturated rings. The van der Waals surface area contributed by atoms with Crippen LogP contribution in [0.5, 0.6) is 0 Å². The summed E-state index contributed by atoms with van der Waals surface area (Å²) in [6, 6.07) is 5.19. The zero-order chi connectivity index (χ0) is 14.9. The van der Waals surface area contributed by atoms with Gasteiger partial charge in [0.05, 0.1) is 11.4 Å². The third kappa shape index (κ3) is 2.94. The smallest absolute Gasteiger partial charge is 0.244 e. The first-order valence-corrected chi connectivity index (χ1v) is 8.24. The normalized spacial score (nSPS) is 12.1. The maximum atomic E-state index is 12.6. The van der Waals surface area contributed by atoms with Gasteiger partial charge in [-0.3, -0.25) is 0 Å². The maximum absolute atomic E-state index is 12.6. The number of benzene rings is 1. The topological polar surface area (TPSA) is 55.2 Å². The van der Waals surface area contributed by atoms with Gasteiger partial charge >= 0.3 is 0 Å². The van der Waals surface area contributed by atoms with Crippen molar-refractivity contribution in [2.24, 2.45) is 7.05 Å². The number of sulfonamides is 1. The zero-order valence-corrected chi connectivity index (χ0v) is 13.9. The van der Waals surface area contributed by atoms with E-state index >= 15 is 0 Å². The van der Waals surface area contributed by atoms with Crippen LogP contribution in [-0.4, -0.2) is 29.3 Å². The van der Waals surface area contributed by atoms with Crippen LogP contribution in [0.25, 0.3) is 0 Å². The third-order valence-electron chi connectivity index (χ3n) is 3.06. The minimum absolute atomic E-state index is 0.228. The molecule has 108 valence electrons. The molecule has 0 atom stereocenters. The Hall–Kier alpha value is -1.18. The van der Waals surface area contributed by atoms with E-state index in [-0.39, 0.29) is 11.4 Å². The van der Waals surface area contributed by atoms with E-state index in [0.29, 0.717) is 10.3 Å². The van der Waals surface area contributed by atoms with Crippen LogP contribution in [-0.2, 0) is 23.6 Å². The van der Waals surface area contributed by atoms with E-state index in [4.69, 9.17) is 0 Å². The standard InChI is InChI=1S/C13H16BrN3O2S/c1-10-4-5-12(11(14)8-10)20(18,19)17(3)9-13-15-6-7-16(13)2/h4-8H,9H2,1-3H3. The van der Waals surface area contributed by atoms with Crippen molar-refractivity contribution in [3.8, 4) is 0 Å². The van der Waals surface area contributed by atoms with Gasteiger partial charge in [0.2, 0.25) is 10.0 Å². The van der Waals surface area contributed by atoms with Gasteiger partial charge in [-0.05, 0) is 40.5 Å². The van der Waals surface area contributed by atoms with Gasteiger partial charge in [-0.15, -0.1) is 0 Å². The van der Waals surface area contributed by atoms with Gasteiger partial charge < -0.3 is 4.57 Å². The van der Waals surface area contributed by atoms with Gasteiger partial charge in [0.1, 0.15) is 5.82 Å². The summed E-state index contributed by atoms with van der Waals surface area (Å²) in [7, 11) is -0.156. The SMILES string of the molecule is Cc1ccc(S(=O)(=O)N(C)Cc2nccn2C)c(Br)c1. The lowest BCUT2D eigenvalue weighted by atomic mass is 10.2. The molecule has 0 unspecified atom stereocenters. The van der Waals surface area contributed by atoms with Gasteiger partial charge in [0.15, 0.2) is 0 Å². The van der Waals surface area contributed by atoms with E-state index in [1.165, 1.54) is 4.31 Å². The van der Waals surface area contributed by atoms with Gasteiger partial charge in [-0.1, -0.05) is 6.07 Å². The molecule has 1 aromatic carbocycles. The van der Waals surface area contributed by atoms with E-state index in [1.54, 1.807) is 42.2 Å². The molecule has 0 aliphatic carbocycles. The Morgan fingerprint density at radius 2 is 2.10 bits per heavy atom. The Labute approximate surface area is 127 Å². The summed E-state index contributed by atoms with van der Waals surface area (Å²) in [6.45, 7) is 2.14. The number of nitrogens with zero attached hydrogens (tertiary/aromatic N) is 3. The van der Waals surface area contributed by atoms with E-state index in [9.17, 15) is 8.42 Å². The molecule has 0 radical (unpaired) electrons. The predicted octanol–water partition coefficient (Wildman–Crippen LogP) is 2.31. The minimum atomic E-state index is -3.55. The molecule has 2 aromatic rings. The Morgan fingerprint density at radius 3 is 2.65 bits per heavy atom. The van der Waals surface area contributed by atoms with Crippen LogP contribution < -0.4 is 0 Å². The molecule has 0 spiro atoms. The van der Waals surface area contributed by atoms with Crippen molar-refractivity contribution in [2.75, 3.05) is 7.05 Å². The van der Waals surface area contributed by atoms with Gasteiger partial charge in [-0.25, -0.2) is 13.4 Å².